The van der Waals surface area contributed by atoms with Crippen LogP contribution in [0.3, 0.4) is 0 Å². The highest BCUT2D eigenvalue weighted by Crippen LogP contribution is 2.19. The fourth-order valence-corrected chi connectivity index (χ4v) is 1.90. The van der Waals surface area contributed by atoms with Gasteiger partial charge in [-0.15, -0.1) is 0 Å². The lowest BCUT2D eigenvalue weighted by atomic mass is 10.2. The summed E-state index contributed by atoms with van der Waals surface area (Å²) in [6, 6.07) is 0.311. The first-order chi connectivity index (χ1) is 7.15. The van der Waals surface area contributed by atoms with Crippen molar-refractivity contribution in [2.24, 2.45) is 0 Å². The smallest absolute Gasteiger partial charge is 0.329 e. The number of carboxylic acid groups (broad SMARTS) is 1. The minimum atomic E-state index is -1.05. The molecule has 5 heteroatoms. The molecule has 1 heterocycles. The van der Waals surface area contributed by atoms with Crippen LogP contribution in [0.15, 0.2) is 0 Å². The van der Waals surface area contributed by atoms with Crippen LogP contribution in [0.2, 0.25) is 0 Å². The molecule has 15 heavy (non-hydrogen) atoms. The van der Waals surface area contributed by atoms with Crippen molar-refractivity contribution in [3.8, 4) is 0 Å². The zero-order chi connectivity index (χ0) is 11.3. The Morgan fingerprint density at radius 3 is 2.80 bits per heavy atom. The first-order valence-corrected chi connectivity index (χ1v) is 5.24. The Kier molecular flexibility index (Phi) is 4.55. The number of likely N-dealkylation sites (tertiary alicyclic amines) is 1. The van der Waals surface area contributed by atoms with Gasteiger partial charge in [-0.3, -0.25) is 4.79 Å². The molecule has 0 aromatic rings. The van der Waals surface area contributed by atoms with Crippen LogP contribution in [0.1, 0.15) is 26.2 Å². The Labute approximate surface area is 89.0 Å². The average molecular weight is 215 g/mol. The van der Waals surface area contributed by atoms with E-state index in [1.54, 1.807) is 4.90 Å². The fraction of sp³-hybridized carbons (Fsp3) is 0.800. The minimum absolute atomic E-state index is 0.0967. The van der Waals surface area contributed by atoms with Gasteiger partial charge in [-0.1, -0.05) is 6.92 Å². The number of aliphatic carboxylic acids is 1. The third-order valence-electron chi connectivity index (χ3n) is 2.62. The third kappa shape index (κ3) is 3.51. The summed E-state index contributed by atoms with van der Waals surface area (Å²) >= 11 is 0. The topological polar surface area (TPSA) is 66.8 Å². The van der Waals surface area contributed by atoms with Crippen LogP contribution < -0.4 is 0 Å². The van der Waals surface area contributed by atoms with E-state index in [9.17, 15) is 9.59 Å². The molecule has 1 amide bonds. The number of carboxylic acids is 1. The van der Waals surface area contributed by atoms with Gasteiger partial charge in [0.25, 0.3) is 0 Å². The van der Waals surface area contributed by atoms with Gasteiger partial charge in [0.05, 0.1) is 0 Å². The molecular formula is C10H17NO4. The summed E-state index contributed by atoms with van der Waals surface area (Å²) < 4.78 is 4.77. The third-order valence-corrected chi connectivity index (χ3v) is 2.62. The molecule has 1 aliphatic rings. The van der Waals surface area contributed by atoms with E-state index in [2.05, 4.69) is 0 Å². The second kappa shape index (κ2) is 5.70. The Balaban J connectivity index is 2.29. The lowest BCUT2D eigenvalue weighted by Crippen LogP contribution is -2.37. The Hall–Kier alpha value is -1.10. The molecule has 1 rings (SSSR count). The van der Waals surface area contributed by atoms with Gasteiger partial charge in [0.2, 0.25) is 5.91 Å². The molecular weight excluding hydrogens is 198 g/mol. The van der Waals surface area contributed by atoms with Crippen LogP contribution in [-0.2, 0) is 14.3 Å². The highest BCUT2D eigenvalue weighted by Gasteiger charge is 2.26. The molecule has 0 bridgehead atoms. The number of hydrogen-bond acceptors (Lipinski definition) is 3. The van der Waals surface area contributed by atoms with Gasteiger partial charge in [-0.2, -0.15) is 0 Å². The largest absolute Gasteiger partial charge is 0.480 e. The summed E-state index contributed by atoms with van der Waals surface area (Å²) in [7, 11) is 0. The Morgan fingerprint density at radius 1 is 1.47 bits per heavy atom. The summed E-state index contributed by atoms with van der Waals surface area (Å²) in [5, 5.41) is 8.34. The number of ether oxygens (including phenoxy) is 1. The first kappa shape index (κ1) is 12.0. The van der Waals surface area contributed by atoms with E-state index in [-0.39, 0.29) is 12.5 Å². The molecule has 1 N–H and O–H groups in total. The van der Waals surface area contributed by atoms with Gasteiger partial charge in [0.1, 0.15) is 13.2 Å². The van der Waals surface area contributed by atoms with Crippen LogP contribution in [0.25, 0.3) is 0 Å². The van der Waals surface area contributed by atoms with Crippen LogP contribution in [0, 0.1) is 0 Å². The van der Waals surface area contributed by atoms with E-state index in [4.69, 9.17) is 9.84 Å². The highest BCUT2D eigenvalue weighted by molar-refractivity contribution is 5.78. The maximum atomic E-state index is 11.6. The maximum absolute atomic E-state index is 11.6. The van der Waals surface area contributed by atoms with Crippen molar-refractivity contribution in [3.05, 3.63) is 0 Å². The fourth-order valence-electron chi connectivity index (χ4n) is 1.90. The van der Waals surface area contributed by atoms with E-state index in [0.29, 0.717) is 6.04 Å². The molecule has 1 fully saturated rings. The number of amides is 1. The molecule has 5 nitrogen and oxygen atoms in total. The number of hydrogen-bond donors (Lipinski definition) is 1. The molecule has 1 unspecified atom stereocenters. The molecule has 1 aliphatic heterocycles. The SMILES string of the molecule is CCC1CCCN1C(=O)COCC(=O)O. The average Bonchev–Trinajstić information content (AvgIpc) is 2.64. The van der Waals surface area contributed by atoms with Crippen molar-refractivity contribution < 1.29 is 19.4 Å². The van der Waals surface area contributed by atoms with Crippen molar-refractivity contribution in [2.45, 2.75) is 32.2 Å². The number of nitrogens with zero attached hydrogens (tertiary/aromatic N) is 1. The van der Waals surface area contributed by atoms with Crippen LogP contribution in [0.4, 0.5) is 0 Å². The monoisotopic (exact) mass is 215 g/mol. The molecule has 0 saturated carbocycles. The standard InChI is InChI=1S/C10H17NO4/c1-2-8-4-3-5-11(8)9(12)6-15-7-10(13)14/h8H,2-7H2,1H3,(H,13,14). The van der Waals surface area contributed by atoms with Crippen LogP contribution >= 0.6 is 0 Å². The van der Waals surface area contributed by atoms with E-state index in [1.165, 1.54) is 0 Å². The van der Waals surface area contributed by atoms with Gasteiger partial charge in [-0.05, 0) is 19.3 Å². The Morgan fingerprint density at radius 2 is 2.20 bits per heavy atom. The number of carbonyl (C=O) groups is 2. The highest BCUT2D eigenvalue weighted by atomic mass is 16.5. The summed E-state index contributed by atoms with van der Waals surface area (Å²) in [4.78, 5) is 23.6. The number of rotatable bonds is 5. The van der Waals surface area contributed by atoms with Gasteiger partial charge < -0.3 is 14.7 Å². The van der Waals surface area contributed by atoms with Crippen molar-refractivity contribution in [2.75, 3.05) is 19.8 Å². The molecule has 0 aliphatic carbocycles. The predicted molar refractivity (Wildman–Crippen MR) is 53.5 cm³/mol. The lowest BCUT2D eigenvalue weighted by Gasteiger charge is -2.23. The van der Waals surface area contributed by atoms with Crippen molar-refractivity contribution in [1.82, 2.24) is 4.90 Å². The summed E-state index contributed by atoms with van der Waals surface area (Å²) in [6.45, 7) is 2.29. The second-order valence-corrected chi connectivity index (χ2v) is 3.68. The molecule has 0 aromatic heterocycles. The van der Waals surface area contributed by atoms with Gasteiger partial charge in [-0.25, -0.2) is 4.79 Å². The van der Waals surface area contributed by atoms with Crippen molar-refractivity contribution >= 4 is 11.9 Å². The van der Waals surface area contributed by atoms with E-state index in [0.717, 1.165) is 25.8 Å². The summed E-state index contributed by atoms with van der Waals surface area (Å²) in [5.74, 6) is -1.14. The second-order valence-electron chi connectivity index (χ2n) is 3.68. The normalized spacial score (nSPS) is 20.6. The molecule has 86 valence electrons. The maximum Gasteiger partial charge on any atom is 0.329 e. The molecule has 1 atom stereocenters. The van der Waals surface area contributed by atoms with Gasteiger partial charge in [0.15, 0.2) is 0 Å². The molecule has 1 saturated heterocycles. The van der Waals surface area contributed by atoms with Crippen molar-refractivity contribution in [3.63, 3.8) is 0 Å². The summed E-state index contributed by atoms with van der Waals surface area (Å²) in [6.07, 6.45) is 3.02. The number of carbonyl (C=O) groups excluding carboxylic acids is 1. The molecule has 0 spiro atoms. The summed E-state index contributed by atoms with van der Waals surface area (Å²) in [5.41, 5.74) is 0. The van der Waals surface area contributed by atoms with Gasteiger partial charge in [0, 0.05) is 12.6 Å². The van der Waals surface area contributed by atoms with Crippen molar-refractivity contribution in [1.29, 1.82) is 0 Å². The Bertz CT molecular complexity index is 242. The van der Waals surface area contributed by atoms with E-state index >= 15 is 0 Å². The predicted octanol–water partition coefficient (Wildman–Crippen LogP) is 0.489. The first-order valence-electron chi connectivity index (χ1n) is 5.24. The van der Waals surface area contributed by atoms with Gasteiger partial charge >= 0.3 is 5.97 Å². The zero-order valence-corrected chi connectivity index (χ0v) is 8.94. The van der Waals surface area contributed by atoms with E-state index < -0.39 is 12.6 Å². The van der Waals surface area contributed by atoms with E-state index in [1.807, 2.05) is 6.92 Å². The zero-order valence-electron chi connectivity index (χ0n) is 8.94. The van der Waals surface area contributed by atoms with Crippen LogP contribution in [0.5, 0.6) is 0 Å². The minimum Gasteiger partial charge on any atom is -0.480 e. The molecule has 0 radical (unpaired) electrons. The molecule has 0 aromatic carbocycles. The quantitative estimate of drug-likeness (QED) is 0.724. The van der Waals surface area contributed by atoms with Crippen LogP contribution in [-0.4, -0.2) is 47.7 Å². The lowest BCUT2D eigenvalue weighted by molar-refractivity contribution is -0.146.